The van der Waals surface area contributed by atoms with Crippen molar-refractivity contribution in [1.82, 2.24) is 0 Å². The van der Waals surface area contributed by atoms with Crippen LogP contribution in [-0.4, -0.2) is 12.3 Å². The minimum atomic E-state index is 0.348. The summed E-state index contributed by atoms with van der Waals surface area (Å²) in [6.07, 6.45) is 0.903. The molecule has 0 aromatic heterocycles. The first-order chi connectivity index (χ1) is 6.15. The van der Waals surface area contributed by atoms with Crippen LogP contribution in [0.15, 0.2) is 18.2 Å². The molecule has 0 heterocycles. The van der Waals surface area contributed by atoms with Gasteiger partial charge in [0.15, 0.2) is 6.29 Å². The molecule has 70 valence electrons. The first kappa shape index (κ1) is 9.78. The number of nitrogens with one attached hydrogen (secondary N) is 1. The van der Waals surface area contributed by atoms with Crippen molar-refractivity contribution in [3.05, 3.63) is 29.3 Å². The number of aldehydes is 1. The molecule has 2 heteroatoms. The van der Waals surface area contributed by atoms with Crippen LogP contribution in [0.4, 0.5) is 5.69 Å². The highest BCUT2D eigenvalue weighted by Crippen LogP contribution is 2.17. The summed E-state index contributed by atoms with van der Waals surface area (Å²) < 4.78 is 0. The average Bonchev–Trinajstić information content (AvgIpc) is 2.03. The average molecular weight is 177 g/mol. The molecule has 0 saturated heterocycles. The molecule has 13 heavy (non-hydrogen) atoms. The van der Waals surface area contributed by atoms with E-state index in [4.69, 9.17) is 0 Å². The van der Waals surface area contributed by atoms with Crippen molar-refractivity contribution in [3.63, 3.8) is 0 Å². The van der Waals surface area contributed by atoms with Gasteiger partial charge in [0.1, 0.15) is 0 Å². The maximum absolute atomic E-state index is 10.8. The van der Waals surface area contributed by atoms with Crippen molar-refractivity contribution in [2.24, 2.45) is 0 Å². The zero-order chi connectivity index (χ0) is 9.84. The Bertz CT molecular complexity index is 305. The lowest BCUT2D eigenvalue weighted by atomic mass is 10.1. The zero-order valence-corrected chi connectivity index (χ0v) is 8.29. The number of benzene rings is 1. The fourth-order valence-electron chi connectivity index (χ4n) is 1.27. The van der Waals surface area contributed by atoms with Crippen molar-refractivity contribution in [1.29, 1.82) is 0 Å². The highest BCUT2D eigenvalue weighted by molar-refractivity contribution is 5.86. The van der Waals surface area contributed by atoms with Crippen LogP contribution < -0.4 is 5.32 Å². The summed E-state index contributed by atoms with van der Waals surface area (Å²) in [6.45, 7) is 6.04. The summed E-state index contributed by atoms with van der Waals surface area (Å²) in [5.74, 6) is 0. The molecule has 0 spiro atoms. The first-order valence-corrected chi connectivity index (χ1v) is 4.46. The Balaban J connectivity index is 3.05. The second-order valence-electron chi connectivity index (χ2n) is 3.45. The Morgan fingerprint density at radius 1 is 1.38 bits per heavy atom. The Morgan fingerprint density at radius 2 is 2.08 bits per heavy atom. The standard InChI is InChI=1S/C11H15NO/c1-8(2)12-11-6-4-5-9(3)10(11)7-13/h4-8,12H,1-3H3. The predicted molar refractivity (Wildman–Crippen MR) is 55.3 cm³/mol. The fraction of sp³-hybridized carbons (Fsp3) is 0.364. The van der Waals surface area contributed by atoms with E-state index in [1.807, 2.05) is 25.1 Å². The van der Waals surface area contributed by atoms with Gasteiger partial charge >= 0.3 is 0 Å². The van der Waals surface area contributed by atoms with Crippen LogP contribution in [0.5, 0.6) is 0 Å². The number of carbonyl (C=O) groups excluding carboxylic acids is 1. The van der Waals surface area contributed by atoms with Gasteiger partial charge in [0.25, 0.3) is 0 Å². The largest absolute Gasteiger partial charge is 0.382 e. The fourth-order valence-corrected chi connectivity index (χ4v) is 1.27. The van der Waals surface area contributed by atoms with E-state index in [1.165, 1.54) is 0 Å². The minimum absolute atomic E-state index is 0.348. The number of rotatable bonds is 3. The quantitative estimate of drug-likeness (QED) is 0.719. The van der Waals surface area contributed by atoms with Crippen LogP contribution in [0.3, 0.4) is 0 Å². The van der Waals surface area contributed by atoms with Crippen molar-refractivity contribution >= 4 is 12.0 Å². The van der Waals surface area contributed by atoms with Gasteiger partial charge in [-0.1, -0.05) is 12.1 Å². The number of anilines is 1. The number of aryl methyl sites for hydroxylation is 1. The third-order valence-corrected chi connectivity index (χ3v) is 1.89. The maximum atomic E-state index is 10.8. The summed E-state index contributed by atoms with van der Waals surface area (Å²) in [5, 5.41) is 3.23. The second-order valence-corrected chi connectivity index (χ2v) is 3.45. The SMILES string of the molecule is Cc1cccc(NC(C)C)c1C=O. The molecule has 0 fully saturated rings. The van der Waals surface area contributed by atoms with Crippen LogP contribution >= 0.6 is 0 Å². The van der Waals surface area contributed by atoms with E-state index >= 15 is 0 Å². The van der Waals surface area contributed by atoms with Crippen LogP contribution in [0, 0.1) is 6.92 Å². The lowest BCUT2D eigenvalue weighted by Crippen LogP contribution is -2.11. The van der Waals surface area contributed by atoms with Gasteiger partial charge in [-0.3, -0.25) is 4.79 Å². The number of carbonyl (C=O) groups is 1. The summed E-state index contributed by atoms with van der Waals surface area (Å²) in [6, 6.07) is 6.17. The van der Waals surface area contributed by atoms with Gasteiger partial charge in [-0.25, -0.2) is 0 Å². The first-order valence-electron chi connectivity index (χ1n) is 4.46. The zero-order valence-electron chi connectivity index (χ0n) is 8.29. The molecule has 0 bridgehead atoms. The van der Waals surface area contributed by atoms with E-state index in [9.17, 15) is 4.79 Å². The van der Waals surface area contributed by atoms with Crippen LogP contribution in [-0.2, 0) is 0 Å². The highest BCUT2D eigenvalue weighted by atomic mass is 16.1. The van der Waals surface area contributed by atoms with E-state index < -0.39 is 0 Å². The lowest BCUT2D eigenvalue weighted by Gasteiger charge is -2.13. The van der Waals surface area contributed by atoms with Crippen LogP contribution in [0.2, 0.25) is 0 Å². The molecule has 0 radical (unpaired) electrons. The Labute approximate surface area is 79.0 Å². The Hall–Kier alpha value is -1.31. The van der Waals surface area contributed by atoms with Gasteiger partial charge in [-0.15, -0.1) is 0 Å². The molecule has 1 aromatic carbocycles. The molecular weight excluding hydrogens is 162 g/mol. The van der Waals surface area contributed by atoms with Crippen LogP contribution in [0.25, 0.3) is 0 Å². The molecular formula is C11H15NO. The van der Waals surface area contributed by atoms with Gasteiger partial charge in [-0.2, -0.15) is 0 Å². The van der Waals surface area contributed by atoms with E-state index in [0.29, 0.717) is 6.04 Å². The third kappa shape index (κ3) is 2.31. The normalized spacial score (nSPS) is 10.2. The number of hydrogen-bond donors (Lipinski definition) is 1. The summed E-state index contributed by atoms with van der Waals surface area (Å²) in [7, 11) is 0. The summed E-state index contributed by atoms with van der Waals surface area (Å²) >= 11 is 0. The third-order valence-electron chi connectivity index (χ3n) is 1.89. The maximum Gasteiger partial charge on any atom is 0.152 e. The van der Waals surface area contributed by atoms with Crippen molar-refractivity contribution in [2.75, 3.05) is 5.32 Å². The molecule has 0 amide bonds. The minimum Gasteiger partial charge on any atom is -0.382 e. The van der Waals surface area contributed by atoms with E-state index in [-0.39, 0.29) is 0 Å². The second kappa shape index (κ2) is 4.08. The van der Waals surface area contributed by atoms with Crippen molar-refractivity contribution < 1.29 is 4.79 Å². The van der Waals surface area contributed by atoms with Gasteiger partial charge in [0, 0.05) is 17.3 Å². The molecule has 0 aliphatic rings. The summed E-state index contributed by atoms with van der Waals surface area (Å²) in [4.78, 5) is 10.8. The van der Waals surface area contributed by atoms with Gasteiger partial charge in [-0.05, 0) is 32.4 Å². The van der Waals surface area contributed by atoms with Crippen molar-refractivity contribution in [2.45, 2.75) is 26.8 Å². The Kier molecular flexibility index (Phi) is 3.07. The lowest BCUT2D eigenvalue weighted by molar-refractivity contribution is 0.112. The molecule has 0 saturated carbocycles. The van der Waals surface area contributed by atoms with E-state index in [2.05, 4.69) is 19.2 Å². The predicted octanol–water partition coefficient (Wildman–Crippen LogP) is 2.63. The molecule has 1 aromatic rings. The Morgan fingerprint density at radius 3 is 2.62 bits per heavy atom. The topological polar surface area (TPSA) is 29.1 Å². The smallest absolute Gasteiger partial charge is 0.152 e. The van der Waals surface area contributed by atoms with Gasteiger partial charge in [0.05, 0.1) is 0 Å². The van der Waals surface area contributed by atoms with Crippen molar-refractivity contribution in [3.8, 4) is 0 Å². The van der Waals surface area contributed by atoms with E-state index in [1.54, 1.807) is 0 Å². The molecule has 0 unspecified atom stereocenters. The molecule has 0 atom stereocenters. The summed E-state index contributed by atoms with van der Waals surface area (Å²) in [5.41, 5.74) is 2.70. The van der Waals surface area contributed by atoms with Gasteiger partial charge in [0.2, 0.25) is 0 Å². The molecule has 2 nitrogen and oxygen atoms in total. The number of hydrogen-bond acceptors (Lipinski definition) is 2. The highest BCUT2D eigenvalue weighted by Gasteiger charge is 2.04. The molecule has 1 rings (SSSR count). The van der Waals surface area contributed by atoms with Crippen LogP contribution in [0.1, 0.15) is 29.8 Å². The molecule has 1 N–H and O–H groups in total. The van der Waals surface area contributed by atoms with E-state index in [0.717, 1.165) is 23.1 Å². The molecule has 0 aliphatic heterocycles. The van der Waals surface area contributed by atoms with Gasteiger partial charge < -0.3 is 5.32 Å². The monoisotopic (exact) mass is 177 g/mol. The molecule has 0 aliphatic carbocycles.